The van der Waals surface area contributed by atoms with Crippen molar-refractivity contribution in [3.8, 4) is 0 Å². The maximum Gasteiger partial charge on any atom is 0.287 e. The van der Waals surface area contributed by atoms with Gasteiger partial charge in [-0.1, -0.05) is 12.1 Å². The first-order valence-corrected chi connectivity index (χ1v) is 12.5. The van der Waals surface area contributed by atoms with E-state index in [1.807, 2.05) is 37.3 Å². The van der Waals surface area contributed by atoms with Crippen LogP contribution >= 0.6 is 22.6 Å². The first-order chi connectivity index (χ1) is 16.9. The zero-order valence-electron chi connectivity index (χ0n) is 19.4. The molecule has 2 heterocycles. The van der Waals surface area contributed by atoms with Crippen LogP contribution in [0.25, 0.3) is 0 Å². The molecule has 35 heavy (non-hydrogen) atoms. The lowest BCUT2D eigenvalue weighted by Gasteiger charge is -2.37. The fraction of sp³-hybridized carbons (Fsp3) is 0.417. The van der Waals surface area contributed by atoms with Crippen molar-refractivity contribution in [1.82, 2.24) is 10.3 Å². The molecule has 0 saturated heterocycles. The Balaban J connectivity index is 1.67. The summed E-state index contributed by atoms with van der Waals surface area (Å²) in [6.07, 6.45) is 3.70. The number of nitro groups is 1. The summed E-state index contributed by atoms with van der Waals surface area (Å²) in [6, 6.07) is 11.0. The lowest BCUT2D eigenvalue weighted by molar-refractivity contribution is -0.385. The largest absolute Gasteiger partial charge is 0.459 e. The van der Waals surface area contributed by atoms with Crippen LogP contribution < -0.4 is 10.6 Å². The third kappa shape index (κ3) is 7.61. The molecule has 0 spiro atoms. The van der Waals surface area contributed by atoms with Crippen molar-refractivity contribution in [3.63, 3.8) is 0 Å². The van der Waals surface area contributed by atoms with Gasteiger partial charge in [0.2, 0.25) is 6.29 Å². The van der Waals surface area contributed by atoms with Crippen LogP contribution in [0.1, 0.15) is 31.2 Å². The third-order valence-electron chi connectivity index (χ3n) is 5.57. The van der Waals surface area contributed by atoms with Crippen LogP contribution in [-0.4, -0.2) is 53.5 Å². The van der Waals surface area contributed by atoms with Gasteiger partial charge in [0.15, 0.2) is 5.76 Å². The van der Waals surface area contributed by atoms with Crippen molar-refractivity contribution in [3.05, 3.63) is 73.7 Å². The number of pyridine rings is 1. The highest BCUT2D eigenvalue weighted by molar-refractivity contribution is 14.1. The standard InChI is InChI=1S/C24H29IN4O6/c1-2-34-24-19(4-3-13-30)20(16-5-7-17(25)8-6-16)14-21(35-24)23(31)27-12-11-26-22-10-9-18(15-28-22)29(32)33/h5-10,14-15,19-20,24,30H,2-4,11-13H2,1H3,(H,26,28)(H,27,31)/t19-,20-,24-/m0/s1. The second kappa shape index (κ2) is 13.4. The van der Waals surface area contributed by atoms with Crippen LogP contribution in [0.15, 0.2) is 54.4 Å². The molecule has 0 bridgehead atoms. The average Bonchev–Trinajstić information content (AvgIpc) is 2.86. The number of benzene rings is 1. The monoisotopic (exact) mass is 596 g/mol. The number of halogens is 1. The van der Waals surface area contributed by atoms with Crippen molar-refractivity contribution < 1.29 is 24.3 Å². The number of rotatable bonds is 12. The molecule has 0 unspecified atom stereocenters. The number of amides is 1. The number of nitrogens with zero attached hydrogens (tertiary/aromatic N) is 2. The number of ether oxygens (including phenoxy) is 2. The van der Waals surface area contributed by atoms with E-state index in [2.05, 4.69) is 38.2 Å². The topological polar surface area (TPSA) is 136 Å². The van der Waals surface area contributed by atoms with Gasteiger partial charge in [0.05, 0.1) is 4.92 Å². The van der Waals surface area contributed by atoms with Crippen molar-refractivity contribution in [2.24, 2.45) is 5.92 Å². The Kier molecular flexibility index (Phi) is 10.2. The molecular formula is C24H29IN4O6. The number of carbonyl (C=O) groups is 1. The van der Waals surface area contributed by atoms with Gasteiger partial charge in [-0.25, -0.2) is 4.98 Å². The lowest BCUT2D eigenvalue weighted by Crippen LogP contribution is -2.39. The minimum atomic E-state index is -0.607. The van der Waals surface area contributed by atoms with Gasteiger partial charge in [0.25, 0.3) is 11.6 Å². The predicted octanol–water partition coefficient (Wildman–Crippen LogP) is 3.57. The number of hydrogen-bond acceptors (Lipinski definition) is 8. The molecular weight excluding hydrogens is 567 g/mol. The van der Waals surface area contributed by atoms with Crippen molar-refractivity contribution in [1.29, 1.82) is 0 Å². The van der Waals surface area contributed by atoms with Gasteiger partial charge in [-0.2, -0.15) is 0 Å². The van der Waals surface area contributed by atoms with E-state index in [0.717, 1.165) is 9.13 Å². The lowest BCUT2D eigenvalue weighted by atomic mass is 9.80. The maximum absolute atomic E-state index is 12.9. The zero-order chi connectivity index (χ0) is 25.2. The second-order valence-corrected chi connectivity index (χ2v) is 9.17. The molecule has 0 saturated carbocycles. The highest BCUT2D eigenvalue weighted by Crippen LogP contribution is 2.39. The molecule has 1 aliphatic rings. The molecule has 3 atom stereocenters. The van der Waals surface area contributed by atoms with E-state index in [4.69, 9.17) is 9.47 Å². The Labute approximate surface area is 217 Å². The van der Waals surface area contributed by atoms with Gasteiger partial charge in [0.1, 0.15) is 12.0 Å². The maximum atomic E-state index is 12.9. The molecule has 3 rings (SSSR count). The summed E-state index contributed by atoms with van der Waals surface area (Å²) in [7, 11) is 0. The molecule has 2 aromatic rings. The van der Waals surface area contributed by atoms with Crippen LogP contribution in [-0.2, 0) is 14.3 Å². The molecule has 0 aliphatic carbocycles. The van der Waals surface area contributed by atoms with Crippen LogP contribution in [0, 0.1) is 19.6 Å². The second-order valence-electron chi connectivity index (χ2n) is 7.92. The van der Waals surface area contributed by atoms with Gasteiger partial charge in [0, 0.05) is 47.8 Å². The minimum Gasteiger partial charge on any atom is -0.459 e. The Hall–Kier alpha value is -2.77. The summed E-state index contributed by atoms with van der Waals surface area (Å²) in [4.78, 5) is 27.1. The summed E-state index contributed by atoms with van der Waals surface area (Å²) in [6.45, 7) is 3.05. The van der Waals surface area contributed by atoms with E-state index in [9.17, 15) is 20.0 Å². The zero-order valence-corrected chi connectivity index (χ0v) is 21.5. The summed E-state index contributed by atoms with van der Waals surface area (Å²) in [5.41, 5.74) is 0.964. The third-order valence-corrected chi connectivity index (χ3v) is 6.28. The Bertz CT molecular complexity index is 1020. The van der Waals surface area contributed by atoms with Crippen LogP contribution in [0.3, 0.4) is 0 Å². The summed E-state index contributed by atoms with van der Waals surface area (Å²) in [5, 5.41) is 25.9. The van der Waals surface area contributed by atoms with Gasteiger partial charge >= 0.3 is 0 Å². The van der Waals surface area contributed by atoms with E-state index >= 15 is 0 Å². The highest BCUT2D eigenvalue weighted by Gasteiger charge is 2.37. The quantitative estimate of drug-likeness (QED) is 0.147. The van der Waals surface area contributed by atoms with Gasteiger partial charge in [-0.05, 0) is 72.2 Å². The molecule has 0 radical (unpaired) electrons. The molecule has 1 aliphatic heterocycles. The number of anilines is 1. The van der Waals surface area contributed by atoms with Crippen LogP contribution in [0.4, 0.5) is 11.5 Å². The van der Waals surface area contributed by atoms with Crippen molar-refractivity contribution in [2.75, 3.05) is 31.6 Å². The predicted molar refractivity (Wildman–Crippen MR) is 139 cm³/mol. The number of aliphatic hydroxyl groups is 1. The molecule has 11 heteroatoms. The number of nitrogens with one attached hydrogen (secondary N) is 2. The van der Waals surface area contributed by atoms with Gasteiger partial charge in [-0.15, -0.1) is 0 Å². The van der Waals surface area contributed by atoms with E-state index < -0.39 is 11.2 Å². The average molecular weight is 596 g/mol. The summed E-state index contributed by atoms with van der Waals surface area (Å²) >= 11 is 2.25. The van der Waals surface area contributed by atoms with Crippen molar-refractivity contribution >= 4 is 40.0 Å². The van der Waals surface area contributed by atoms with E-state index in [1.54, 1.807) is 0 Å². The van der Waals surface area contributed by atoms with Crippen molar-refractivity contribution in [2.45, 2.75) is 32.0 Å². The molecule has 1 aromatic heterocycles. The Morgan fingerprint density at radius 2 is 2.03 bits per heavy atom. The summed E-state index contributed by atoms with van der Waals surface area (Å²) in [5.74, 6) is 0.158. The Morgan fingerprint density at radius 3 is 2.66 bits per heavy atom. The first kappa shape index (κ1) is 26.8. The summed E-state index contributed by atoms with van der Waals surface area (Å²) < 4.78 is 12.9. The number of allylic oxidation sites excluding steroid dienone is 1. The highest BCUT2D eigenvalue weighted by atomic mass is 127. The first-order valence-electron chi connectivity index (χ1n) is 11.4. The van der Waals surface area contributed by atoms with E-state index in [-0.39, 0.29) is 35.8 Å². The van der Waals surface area contributed by atoms with Crippen LogP contribution in [0.5, 0.6) is 0 Å². The van der Waals surface area contributed by atoms with Gasteiger partial charge < -0.3 is 25.2 Å². The molecule has 188 valence electrons. The van der Waals surface area contributed by atoms with Crippen LogP contribution in [0.2, 0.25) is 0 Å². The van der Waals surface area contributed by atoms with E-state index in [0.29, 0.717) is 38.4 Å². The fourth-order valence-electron chi connectivity index (χ4n) is 3.88. The minimum absolute atomic E-state index is 0.0476. The smallest absolute Gasteiger partial charge is 0.287 e. The molecule has 10 nitrogen and oxygen atoms in total. The SMILES string of the molecule is CCO[C@H]1OC(C(=O)NCCNc2ccc([N+](=O)[O-])cn2)=C[C@@H](c2ccc(I)cc2)[C@@H]1CCCO. The van der Waals surface area contributed by atoms with E-state index in [1.165, 1.54) is 18.3 Å². The number of aromatic nitrogens is 1. The molecule has 0 fully saturated rings. The number of carbonyl (C=O) groups excluding carboxylic acids is 1. The normalized spacial score (nSPS) is 19.4. The fourth-order valence-corrected chi connectivity index (χ4v) is 4.24. The number of aliphatic hydroxyl groups excluding tert-OH is 1. The number of hydrogen-bond donors (Lipinski definition) is 3. The Morgan fingerprint density at radius 1 is 1.26 bits per heavy atom. The molecule has 1 amide bonds. The van der Waals surface area contributed by atoms with Gasteiger partial charge in [-0.3, -0.25) is 14.9 Å². The molecule has 1 aromatic carbocycles. The molecule has 3 N–H and O–H groups in total.